The zero-order valence-corrected chi connectivity index (χ0v) is 16.2. The van der Waals surface area contributed by atoms with Crippen LogP contribution in [0.1, 0.15) is 18.6 Å². The van der Waals surface area contributed by atoms with Crippen LogP contribution in [-0.2, 0) is 4.74 Å². The summed E-state index contributed by atoms with van der Waals surface area (Å²) in [6.45, 7) is 3.93. The number of rotatable bonds is 5. The minimum absolute atomic E-state index is 0.0517. The molecular formula is C19H22BrN3O3. The Labute approximate surface area is 161 Å². The fourth-order valence-electron chi connectivity index (χ4n) is 2.96. The highest BCUT2D eigenvalue weighted by molar-refractivity contribution is 9.10. The van der Waals surface area contributed by atoms with Gasteiger partial charge in [-0.05, 0) is 36.8 Å². The van der Waals surface area contributed by atoms with Crippen LogP contribution in [0.2, 0.25) is 0 Å². The Morgan fingerprint density at radius 1 is 1.38 bits per heavy atom. The first kappa shape index (κ1) is 18.7. The van der Waals surface area contributed by atoms with Gasteiger partial charge in [0.15, 0.2) is 0 Å². The molecule has 26 heavy (non-hydrogen) atoms. The Hall–Kier alpha value is -2.12. The van der Waals surface area contributed by atoms with E-state index in [0.29, 0.717) is 32.1 Å². The van der Waals surface area contributed by atoms with Crippen LogP contribution in [0.25, 0.3) is 0 Å². The van der Waals surface area contributed by atoms with Crippen molar-refractivity contribution < 1.29 is 14.3 Å². The number of hydrogen-bond acceptors (Lipinski definition) is 4. The molecule has 1 aromatic carbocycles. The summed E-state index contributed by atoms with van der Waals surface area (Å²) >= 11 is 3.44. The van der Waals surface area contributed by atoms with Gasteiger partial charge >= 0.3 is 6.03 Å². The largest absolute Gasteiger partial charge is 0.490 e. The van der Waals surface area contributed by atoms with Crippen LogP contribution in [0.5, 0.6) is 5.75 Å². The summed E-state index contributed by atoms with van der Waals surface area (Å²) in [5, 5.41) is 2.91. The van der Waals surface area contributed by atoms with E-state index in [4.69, 9.17) is 9.47 Å². The van der Waals surface area contributed by atoms with Crippen LogP contribution in [0.15, 0.2) is 53.3 Å². The monoisotopic (exact) mass is 419 g/mol. The molecule has 2 aromatic rings. The molecule has 0 saturated carbocycles. The zero-order valence-electron chi connectivity index (χ0n) is 14.6. The third kappa shape index (κ3) is 4.74. The second-order valence-corrected chi connectivity index (χ2v) is 6.96. The molecule has 3 rings (SSSR count). The number of pyridine rings is 1. The highest BCUT2D eigenvalue weighted by atomic mass is 79.9. The van der Waals surface area contributed by atoms with Crippen LogP contribution >= 0.6 is 15.9 Å². The second kappa shape index (κ2) is 9.00. The molecule has 2 unspecified atom stereocenters. The molecule has 1 aromatic heterocycles. The number of nitrogens with zero attached hydrogens (tertiary/aromatic N) is 2. The number of urea groups is 1. The molecule has 0 bridgehead atoms. The lowest BCUT2D eigenvalue weighted by Gasteiger charge is -2.39. The first-order chi connectivity index (χ1) is 12.6. The number of nitrogens with one attached hydrogen (secondary N) is 1. The van der Waals surface area contributed by atoms with Crippen molar-refractivity contribution in [3.8, 4) is 5.75 Å². The minimum atomic E-state index is -0.130. The van der Waals surface area contributed by atoms with E-state index < -0.39 is 0 Å². The van der Waals surface area contributed by atoms with Crippen LogP contribution in [0.3, 0.4) is 0 Å². The van der Waals surface area contributed by atoms with Gasteiger partial charge in [0.25, 0.3) is 0 Å². The first-order valence-corrected chi connectivity index (χ1v) is 9.39. The van der Waals surface area contributed by atoms with Gasteiger partial charge in [-0.15, -0.1) is 0 Å². The first-order valence-electron chi connectivity index (χ1n) is 8.59. The molecule has 138 valence electrons. The maximum Gasteiger partial charge on any atom is 0.317 e. The van der Waals surface area contributed by atoms with Crippen LogP contribution in [0.4, 0.5) is 4.79 Å². The number of aromatic nitrogens is 1. The highest BCUT2D eigenvalue weighted by Crippen LogP contribution is 2.29. The van der Waals surface area contributed by atoms with Gasteiger partial charge in [0.2, 0.25) is 0 Å². The topological polar surface area (TPSA) is 63.7 Å². The molecule has 7 heteroatoms. The van der Waals surface area contributed by atoms with Crippen molar-refractivity contribution in [1.29, 1.82) is 0 Å². The molecule has 2 heterocycles. The van der Waals surface area contributed by atoms with Crippen LogP contribution in [0, 0.1) is 0 Å². The SMILES string of the molecule is CC1C(c2ccc(Br)cc2)OCCN1C(=O)NCCOc1cccnc1. The van der Waals surface area contributed by atoms with E-state index in [1.165, 1.54) is 0 Å². The molecule has 0 radical (unpaired) electrons. The molecular weight excluding hydrogens is 398 g/mol. The maximum absolute atomic E-state index is 12.5. The van der Waals surface area contributed by atoms with Crippen molar-refractivity contribution in [2.24, 2.45) is 0 Å². The van der Waals surface area contributed by atoms with E-state index in [1.807, 2.05) is 48.2 Å². The number of amides is 2. The summed E-state index contributed by atoms with van der Waals surface area (Å²) in [4.78, 5) is 18.3. The second-order valence-electron chi connectivity index (χ2n) is 6.05. The molecule has 1 aliphatic rings. The molecule has 6 nitrogen and oxygen atoms in total. The minimum Gasteiger partial charge on any atom is -0.490 e. The van der Waals surface area contributed by atoms with Crippen molar-refractivity contribution in [2.75, 3.05) is 26.3 Å². The van der Waals surface area contributed by atoms with Gasteiger partial charge in [-0.2, -0.15) is 0 Å². The molecule has 1 fully saturated rings. The zero-order chi connectivity index (χ0) is 18.4. The Balaban J connectivity index is 1.51. The predicted octanol–water partition coefficient (Wildman–Crippen LogP) is 3.39. The van der Waals surface area contributed by atoms with E-state index in [-0.39, 0.29) is 18.2 Å². The Kier molecular flexibility index (Phi) is 6.46. The van der Waals surface area contributed by atoms with Crippen molar-refractivity contribution in [2.45, 2.75) is 19.1 Å². The van der Waals surface area contributed by atoms with Crippen LogP contribution in [-0.4, -0.2) is 48.3 Å². The molecule has 0 spiro atoms. The Bertz CT molecular complexity index is 712. The molecule has 1 aliphatic heterocycles. The van der Waals surface area contributed by atoms with Gasteiger partial charge in [0.1, 0.15) is 18.5 Å². The summed E-state index contributed by atoms with van der Waals surface area (Å²) in [5.74, 6) is 0.691. The number of halogens is 1. The quantitative estimate of drug-likeness (QED) is 0.754. The summed E-state index contributed by atoms with van der Waals surface area (Å²) in [5.41, 5.74) is 1.07. The number of hydrogen-bond donors (Lipinski definition) is 1. The number of ether oxygens (including phenoxy) is 2. The van der Waals surface area contributed by atoms with Gasteiger partial charge in [0, 0.05) is 17.2 Å². The summed E-state index contributed by atoms with van der Waals surface area (Å²) < 4.78 is 12.5. The van der Waals surface area contributed by atoms with Crippen molar-refractivity contribution in [3.63, 3.8) is 0 Å². The summed E-state index contributed by atoms with van der Waals surface area (Å²) in [6.07, 6.45) is 3.21. The third-order valence-electron chi connectivity index (χ3n) is 4.30. The molecule has 1 N–H and O–H groups in total. The lowest BCUT2D eigenvalue weighted by Crippen LogP contribution is -2.52. The number of morpholine rings is 1. The fourth-order valence-corrected chi connectivity index (χ4v) is 3.22. The summed E-state index contributed by atoms with van der Waals surface area (Å²) in [7, 11) is 0. The van der Waals surface area contributed by atoms with Gasteiger partial charge in [-0.3, -0.25) is 4.98 Å². The van der Waals surface area contributed by atoms with Gasteiger partial charge in [-0.25, -0.2) is 4.79 Å². The third-order valence-corrected chi connectivity index (χ3v) is 4.83. The summed E-state index contributed by atoms with van der Waals surface area (Å²) in [6, 6.07) is 11.5. The standard InChI is InChI=1S/C19H22BrN3O3/c1-14-18(15-4-6-16(20)7-5-15)26-12-10-23(14)19(24)22-9-11-25-17-3-2-8-21-13-17/h2-8,13-14,18H,9-12H2,1H3,(H,22,24). The van der Waals surface area contributed by atoms with E-state index in [9.17, 15) is 4.79 Å². The van der Waals surface area contributed by atoms with Gasteiger partial charge < -0.3 is 19.7 Å². The average molecular weight is 420 g/mol. The smallest absolute Gasteiger partial charge is 0.317 e. The normalized spacial score (nSPS) is 19.8. The van der Waals surface area contributed by atoms with Gasteiger partial charge in [-0.1, -0.05) is 28.1 Å². The molecule has 2 atom stereocenters. The lowest BCUT2D eigenvalue weighted by molar-refractivity contribution is -0.0498. The van der Waals surface area contributed by atoms with E-state index in [0.717, 1.165) is 10.0 Å². The highest BCUT2D eigenvalue weighted by Gasteiger charge is 2.32. The number of benzene rings is 1. The molecule has 1 saturated heterocycles. The van der Waals surface area contributed by atoms with E-state index in [2.05, 4.69) is 26.2 Å². The number of carbonyl (C=O) groups excluding carboxylic acids is 1. The van der Waals surface area contributed by atoms with Crippen molar-refractivity contribution >= 4 is 22.0 Å². The average Bonchev–Trinajstić information content (AvgIpc) is 2.67. The predicted molar refractivity (Wildman–Crippen MR) is 102 cm³/mol. The Morgan fingerprint density at radius 3 is 2.92 bits per heavy atom. The van der Waals surface area contributed by atoms with E-state index >= 15 is 0 Å². The lowest BCUT2D eigenvalue weighted by atomic mass is 10.0. The fraction of sp³-hybridized carbons (Fsp3) is 0.368. The molecule has 0 aliphatic carbocycles. The van der Waals surface area contributed by atoms with Gasteiger partial charge in [0.05, 0.1) is 25.4 Å². The Morgan fingerprint density at radius 2 is 2.19 bits per heavy atom. The van der Waals surface area contributed by atoms with E-state index in [1.54, 1.807) is 12.4 Å². The van der Waals surface area contributed by atoms with Crippen molar-refractivity contribution in [1.82, 2.24) is 15.2 Å². The molecule has 2 amide bonds. The number of carbonyl (C=O) groups is 1. The van der Waals surface area contributed by atoms with Crippen LogP contribution < -0.4 is 10.1 Å². The van der Waals surface area contributed by atoms with Crippen molar-refractivity contribution in [3.05, 3.63) is 58.8 Å². The maximum atomic E-state index is 12.5.